The minimum absolute atomic E-state index is 0.00757. The summed E-state index contributed by atoms with van der Waals surface area (Å²) >= 11 is 5.84. The van der Waals surface area contributed by atoms with Crippen molar-refractivity contribution in [2.45, 2.75) is 37.7 Å². The third kappa shape index (κ3) is 4.37. The van der Waals surface area contributed by atoms with Gasteiger partial charge in [0.25, 0.3) is 5.69 Å². The van der Waals surface area contributed by atoms with E-state index in [4.69, 9.17) is 11.6 Å². The van der Waals surface area contributed by atoms with E-state index in [1.165, 1.54) is 13.8 Å². The van der Waals surface area contributed by atoms with Crippen LogP contribution in [0.3, 0.4) is 0 Å². The summed E-state index contributed by atoms with van der Waals surface area (Å²) in [5.74, 6) is 0. The zero-order valence-electron chi connectivity index (χ0n) is 11.9. The van der Waals surface area contributed by atoms with Gasteiger partial charge < -0.3 is 5.11 Å². The number of nitro groups is 1. The van der Waals surface area contributed by atoms with Gasteiger partial charge in [0.15, 0.2) is 0 Å². The fraction of sp³-hybridized carbons (Fsp3) is 0.500. The first-order valence-electron chi connectivity index (χ1n) is 6.17. The van der Waals surface area contributed by atoms with Crippen molar-refractivity contribution < 1.29 is 18.4 Å². The van der Waals surface area contributed by atoms with E-state index in [1.54, 1.807) is 6.92 Å². The van der Waals surface area contributed by atoms with E-state index in [0.29, 0.717) is 6.42 Å². The normalized spacial score (nSPS) is 14.7. The van der Waals surface area contributed by atoms with Gasteiger partial charge in [-0.1, -0.05) is 18.5 Å². The van der Waals surface area contributed by atoms with Crippen LogP contribution in [0.25, 0.3) is 0 Å². The topological polar surface area (TPSA) is 110 Å². The lowest BCUT2D eigenvalue weighted by Gasteiger charge is -2.21. The molecule has 1 aromatic rings. The highest BCUT2D eigenvalue weighted by Crippen LogP contribution is 2.29. The van der Waals surface area contributed by atoms with Crippen LogP contribution in [0.2, 0.25) is 5.02 Å². The van der Waals surface area contributed by atoms with Gasteiger partial charge in [-0.2, -0.15) is 0 Å². The number of nitro benzene ring substituents is 1. The fourth-order valence-electron chi connectivity index (χ4n) is 1.44. The Bertz CT molecular complexity index is 658. The first-order chi connectivity index (χ1) is 9.50. The van der Waals surface area contributed by atoms with Crippen LogP contribution in [-0.2, 0) is 10.0 Å². The molecular weight excluding hydrogens is 320 g/mol. The van der Waals surface area contributed by atoms with Gasteiger partial charge in [0.05, 0.1) is 20.4 Å². The Morgan fingerprint density at radius 1 is 1.48 bits per heavy atom. The number of rotatable bonds is 6. The number of sulfonamides is 1. The second kappa shape index (κ2) is 6.27. The summed E-state index contributed by atoms with van der Waals surface area (Å²) in [4.78, 5) is 9.91. The van der Waals surface area contributed by atoms with E-state index in [0.717, 1.165) is 12.1 Å². The molecule has 0 aliphatic heterocycles. The van der Waals surface area contributed by atoms with Crippen molar-refractivity contribution in [1.29, 1.82) is 0 Å². The molecule has 1 aromatic carbocycles. The fourth-order valence-corrected chi connectivity index (χ4v) is 2.93. The molecule has 1 rings (SSSR count). The van der Waals surface area contributed by atoms with Crippen molar-refractivity contribution in [2.24, 2.45) is 0 Å². The Kier molecular flexibility index (Phi) is 5.32. The smallest absolute Gasteiger partial charge is 0.275 e. The second-order valence-electron chi connectivity index (χ2n) is 4.98. The number of hydrogen-bond acceptors (Lipinski definition) is 5. The summed E-state index contributed by atoms with van der Waals surface area (Å²) in [5.41, 5.74) is -1.38. The number of aliphatic hydroxyl groups is 1. The van der Waals surface area contributed by atoms with Crippen LogP contribution in [0.5, 0.6) is 0 Å². The number of halogens is 1. The lowest BCUT2D eigenvalue weighted by Crippen LogP contribution is -2.40. The van der Waals surface area contributed by atoms with Crippen LogP contribution >= 0.6 is 11.6 Å². The van der Waals surface area contributed by atoms with E-state index >= 15 is 0 Å². The Labute approximate surface area is 128 Å². The van der Waals surface area contributed by atoms with E-state index in [2.05, 4.69) is 4.72 Å². The molecule has 0 fully saturated rings. The predicted molar refractivity (Wildman–Crippen MR) is 78.9 cm³/mol. The number of nitrogens with one attached hydrogen (secondary N) is 1. The Morgan fingerprint density at radius 2 is 2.05 bits per heavy atom. The van der Waals surface area contributed by atoms with E-state index < -0.39 is 20.5 Å². The lowest BCUT2D eigenvalue weighted by molar-refractivity contribution is -0.385. The average molecular weight is 337 g/mol. The first-order valence-corrected chi connectivity index (χ1v) is 8.03. The van der Waals surface area contributed by atoms with Gasteiger partial charge in [-0.25, -0.2) is 13.1 Å². The highest BCUT2D eigenvalue weighted by atomic mass is 35.5. The quantitative estimate of drug-likeness (QED) is 0.610. The summed E-state index contributed by atoms with van der Waals surface area (Å²) in [6.45, 7) is 4.43. The molecule has 0 saturated carbocycles. The van der Waals surface area contributed by atoms with Crippen molar-refractivity contribution in [2.75, 3.05) is 6.54 Å². The third-order valence-corrected chi connectivity index (χ3v) is 4.98. The molecule has 0 aliphatic carbocycles. The zero-order valence-corrected chi connectivity index (χ0v) is 13.5. The Balaban J connectivity index is 3.18. The van der Waals surface area contributed by atoms with Gasteiger partial charge in [0.2, 0.25) is 10.0 Å². The average Bonchev–Trinajstić information content (AvgIpc) is 2.39. The van der Waals surface area contributed by atoms with Gasteiger partial charge in [-0.3, -0.25) is 10.1 Å². The molecule has 118 valence electrons. The number of nitrogens with zero attached hydrogens (tertiary/aromatic N) is 1. The van der Waals surface area contributed by atoms with Gasteiger partial charge in [-0.15, -0.1) is 0 Å². The monoisotopic (exact) mass is 336 g/mol. The SMILES string of the molecule is CCC(C)(O)CNS(=O)(=O)c1cc(Cl)c(C)c([N+](=O)[O-])c1. The summed E-state index contributed by atoms with van der Waals surface area (Å²) in [7, 11) is -4.00. The molecule has 1 unspecified atom stereocenters. The van der Waals surface area contributed by atoms with Crippen molar-refractivity contribution in [1.82, 2.24) is 4.72 Å². The van der Waals surface area contributed by atoms with Gasteiger partial charge in [0, 0.05) is 18.2 Å². The molecule has 0 heterocycles. The van der Waals surface area contributed by atoms with E-state index in [9.17, 15) is 23.6 Å². The largest absolute Gasteiger partial charge is 0.389 e. The maximum absolute atomic E-state index is 12.1. The first kappa shape index (κ1) is 17.8. The molecule has 0 bridgehead atoms. The minimum atomic E-state index is -4.00. The van der Waals surface area contributed by atoms with Crippen molar-refractivity contribution in [3.8, 4) is 0 Å². The molecule has 21 heavy (non-hydrogen) atoms. The van der Waals surface area contributed by atoms with E-state index in [-0.39, 0.29) is 27.7 Å². The summed E-state index contributed by atoms with van der Waals surface area (Å²) < 4.78 is 26.5. The molecule has 0 amide bonds. The second-order valence-corrected chi connectivity index (χ2v) is 7.16. The van der Waals surface area contributed by atoms with Crippen molar-refractivity contribution >= 4 is 27.3 Å². The molecule has 7 nitrogen and oxygen atoms in total. The standard InChI is InChI=1S/C12H17ClN2O5S/c1-4-12(3,16)7-14-21(19,20)9-5-10(13)8(2)11(6-9)15(17)18/h5-6,14,16H,4,7H2,1-3H3. The van der Waals surface area contributed by atoms with Crippen LogP contribution in [0.15, 0.2) is 17.0 Å². The van der Waals surface area contributed by atoms with Gasteiger partial charge in [-0.05, 0) is 26.3 Å². The molecule has 0 saturated heterocycles. The number of hydrogen-bond donors (Lipinski definition) is 2. The molecular formula is C12H17ClN2O5S. The molecule has 0 radical (unpaired) electrons. The molecule has 2 N–H and O–H groups in total. The third-order valence-electron chi connectivity index (χ3n) is 3.20. The minimum Gasteiger partial charge on any atom is -0.389 e. The van der Waals surface area contributed by atoms with Crippen LogP contribution < -0.4 is 4.72 Å². The molecule has 0 spiro atoms. The zero-order chi connectivity index (χ0) is 16.4. The van der Waals surface area contributed by atoms with E-state index in [1.807, 2.05) is 0 Å². The summed E-state index contributed by atoms with van der Waals surface area (Å²) in [6.07, 6.45) is 0.352. The maximum atomic E-state index is 12.1. The molecule has 9 heteroatoms. The summed E-state index contributed by atoms with van der Waals surface area (Å²) in [6, 6.07) is 2.09. The molecule has 0 aliphatic rings. The van der Waals surface area contributed by atoms with Crippen LogP contribution in [0.1, 0.15) is 25.8 Å². The Hall–Kier alpha value is -1.22. The highest BCUT2D eigenvalue weighted by Gasteiger charge is 2.25. The Morgan fingerprint density at radius 3 is 2.52 bits per heavy atom. The maximum Gasteiger partial charge on any atom is 0.275 e. The summed E-state index contributed by atoms with van der Waals surface area (Å²) in [5, 5.41) is 20.7. The molecule has 0 aromatic heterocycles. The number of benzene rings is 1. The van der Waals surface area contributed by atoms with Gasteiger partial charge >= 0.3 is 0 Å². The highest BCUT2D eigenvalue weighted by molar-refractivity contribution is 7.89. The van der Waals surface area contributed by atoms with Gasteiger partial charge in [0.1, 0.15) is 0 Å². The van der Waals surface area contributed by atoms with Crippen LogP contribution in [-0.4, -0.2) is 30.6 Å². The van der Waals surface area contributed by atoms with Crippen molar-refractivity contribution in [3.05, 3.63) is 32.8 Å². The lowest BCUT2D eigenvalue weighted by atomic mass is 10.1. The van der Waals surface area contributed by atoms with Crippen LogP contribution in [0, 0.1) is 17.0 Å². The van der Waals surface area contributed by atoms with Crippen molar-refractivity contribution in [3.63, 3.8) is 0 Å². The predicted octanol–water partition coefficient (Wildman–Crippen LogP) is 2.00. The molecule has 1 atom stereocenters. The van der Waals surface area contributed by atoms with Crippen LogP contribution in [0.4, 0.5) is 5.69 Å².